The van der Waals surface area contributed by atoms with Gasteiger partial charge in [-0.05, 0) is 71.6 Å². The van der Waals surface area contributed by atoms with Crippen molar-refractivity contribution in [2.45, 2.75) is 38.1 Å². The zero-order valence-corrected chi connectivity index (χ0v) is 17.0. The zero-order chi connectivity index (χ0) is 20.5. The number of nitrogens with zero attached hydrogens (tertiary/aromatic N) is 3. The molecule has 0 aliphatic heterocycles. The number of benzene rings is 2. The topological polar surface area (TPSA) is 70.3 Å². The number of nitrogens with one attached hydrogen (secondary N) is 2. The lowest BCUT2D eigenvalue weighted by molar-refractivity contribution is 0.471. The van der Waals surface area contributed by atoms with Crippen LogP contribution >= 0.6 is 0 Å². The lowest BCUT2D eigenvalue weighted by atomic mass is 9.68. The summed E-state index contributed by atoms with van der Waals surface area (Å²) in [7, 11) is 0. The summed E-state index contributed by atoms with van der Waals surface area (Å²) in [6, 6.07) is 13.1. The van der Waals surface area contributed by atoms with Crippen molar-refractivity contribution in [1.29, 1.82) is 5.41 Å². The fourth-order valence-corrected chi connectivity index (χ4v) is 5.49. The molecule has 2 aromatic heterocycles. The average molecular weight is 393 g/mol. The molecule has 0 radical (unpaired) electrons. The molecular weight excluding hydrogens is 370 g/mol. The molecule has 0 bridgehead atoms. The third kappa shape index (κ3) is 2.09. The van der Waals surface area contributed by atoms with E-state index < -0.39 is 5.54 Å². The minimum absolute atomic E-state index is 0.210. The first-order chi connectivity index (χ1) is 14.6. The molecule has 2 aliphatic rings. The fraction of sp³-hybridized carbons (Fsp3) is 0.240. The van der Waals surface area contributed by atoms with Gasteiger partial charge in [0.2, 0.25) is 0 Å². The summed E-state index contributed by atoms with van der Waals surface area (Å²) in [4.78, 5) is 12.1. The van der Waals surface area contributed by atoms with E-state index in [0.717, 1.165) is 24.1 Å². The minimum Gasteiger partial charge on any atom is -0.340 e. The van der Waals surface area contributed by atoms with E-state index in [4.69, 9.17) is 5.41 Å². The Hall–Kier alpha value is -3.47. The molecule has 2 N–H and O–H groups in total. The van der Waals surface area contributed by atoms with E-state index in [-0.39, 0.29) is 5.49 Å². The molecule has 4 aromatic rings. The Labute approximate surface area is 174 Å². The summed E-state index contributed by atoms with van der Waals surface area (Å²) >= 11 is 0. The van der Waals surface area contributed by atoms with Gasteiger partial charge in [-0.3, -0.25) is 5.41 Å². The number of hydrogen-bond donors (Lipinski definition) is 2. The Bertz CT molecular complexity index is 1410. The smallest absolute Gasteiger partial charge is 0.173 e. The van der Waals surface area contributed by atoms with Crippen LogP contribution in [0.25, 0.3) is 16.7 Å². The van der Waals surface area contributed by atoms with Crippen molar-refractivity contribution in [1.82, 2.24) is 19.5 Å². The van der Waals surface area contributed by atoms with Gasteiger partial charge in [-0.25, -0.2) is 9.97 Å². The van der Waals surface area contributed by atoms with E-state index >= 15 is 0 Å². The molecule has 2 aliphatic carbocycles. The predicted molar refractivity (Wildman–Crippen MR) is 117 cm³/mol. The number of aryl methyl sites for hydroxylation is 1. The van der Waals surface area contributed by atoms with Crippen LogP contribution in [0.2, 0.25) is 0 Å². The molecule has 148 valence electrons. The lowest BCUT2D eigenvalue weighted by Gasteiger charge is -2.42. The van der Waals surface area contributed by atoms with Gasteiger partial charge in [-0.15, -0.1) is 0 Å². The minimum atomic E-state index is -0.506. The maximum atomic E-state index is 8.19. The molecule has 0 fully saturated rings. The first-order valence-corrected chi connectivity index (χ1v) is 10.5. The number of H-pyrrole nitrogens is 1. The third-order valence-corrected chi connectivity index (χ3v) is 7.00. The number of rotatable bonds is 1. The maximum absolute atomic E-state index is 8.19. The largest absolute Gasteiger partial charge is 0.340 e. The number of aromatic amines is 1. The van der Waals surface area contributed by atoms with Crippen LogP contribution in [-0.2, 0) is 18.4 Å². The zero-order valence-electron chi connectivity index (χ0n) is 17.0. The van der Waals surface area contributed by atoms with Crippen LogP contribution in [0.3, 0.4) is 0 Å². The Morgan fingerprint density at radius 2 is 1.90 bits per heavy atom. The van der Waals surface area contributed by atoms with Gasteiger partial charge < -0.3 is 9.55 Å². The maximum Gasteiger partial charge on any atom is 0.173 e. The summed E-state index contributed by atoms with van der Waals surface area (Å²) in [6.45, 7) is 6.80. The van der Waals surface area contributed by atoms with Crippen LogP contribution in [0.5, 0.6) is 0 Å². The molecule has 2 heterocycles. The van der Waals surface area contributed by atoms with Crippen LogP contribution in [0.15, 0.2) is 55.6 Å². The van der Waals surface area contributed by atoms with Crippen molar-refractivity contribution >= 4 is 16.7 Å². The highest BCUT2D eigenvalue weighted by Gasteiger charge is 2.41. The molecule has 2 aromatic carbocycles. The average Bonchev–Trinajstić information content (AvgIpc) is 3.28. The molecular formula is C25H23N5. The van der Waals surface area contributed by atoms with Gasteiger partial charge in [-0.1, -0.05) is 43.0 Å². The molecule has 5 nitrogen and oxygen atoms in total. The fourth-order valence-electron chi connectivity index (χ4n) is 5.49. The molecule has 0 spiro atoms. The van der Waals surface area contributed by atoms with Gasteiger partial charge in [0, 0.05) is 0 Å². The molecule has 0 amide bonds. The van der Waals surface area contributed by atoms with E-state index in [0.29, 0.717) is 5.52 Å². The van der Waals surface area contributed by atoms with E-state index in [9.17, 15) is 0 Å². The van der Waals surface area contributed by atoms with Crippen molar-refractivity contribution in [2.24, 2.45) is 0 Å². The molecule has 6 rings (SSSR count). The van der Waals surface area contributed by atoms with Gasteiger partial charge in [-0.2, -0.15) is 0 Å². The monoisotopic (exact) mass is 393 g/mol. The molecule has 5 heteroatoms. The van der Waals surface area contributed by atoms with Gasteiger partial charge in [0.15, 0.2) is 11.1 Å². The molecule has 30 heavy (non-hydrogen) atoms. The van der Waals surface area contributed by atoms with Crippen molar-refractivity contribution in [2.75, 3.05) is 0 Å². The second-order valence-corrected chi connectivity index (χ2v) is 8.49. The van der Waals surface area contributed by atoms with Crippen molar-refractivity contribution < 1.29 is 0 Å². The van der Waals surface area contributed by atoms with E-state index in [1.807, 2.05) is 0 Å². The lowest BCUT2D eigenvalue weighted by Crippen LogP contribution is -2.39. The van der Waals surface area contributed by atoms with Gasteiger partial charge in [0.25, 0.3) is 0 Å². The Kier molecular flexibility index (Phi) is 3.49. The molecule has 0 saturated heterocycles. The highest BCUT2D eigenvalue weighted by molar-refractivity contribution is 5.89. The van der Waals surface area contributed by atoms with Crippen molar-refractivity contribution in [3.63, 3.8) is 0 Å². The summed E-state index contributed by atoms with van der Waals surface area (Å²) in [5.41, 5.74) is 10.0. The van der Waals surface area contributed by atoms with Crippen LogP contribution in [-0.4, -0.2) is 19.5 Å². The third-order valence-electron chi connectivity index (χ3n) is 7.00. The number of imidazole rings is 1. The second-order valence-electron chi connectivity index (χ2n) is 8.49. The van der Waals surface area contributed by atoms with E-state index in [1.54, 1.807) is 12.7 Å². The van der Waals surface area contributed by atoms with Crippen LogP contribution in [0, 0.1) is 5.41 Å². The summed E-state index contributed by atoms with van der Waals surface area (Å²) in [5, 5.41) is 8.19. The number of aromatic nitrogens is 4. The highest BCUT2D eigenvalue weighted by Crippen LogP contribution is 2.49. The summed E-state index contributed by atoms with van der Waals surface area (Å²) in [6.07, 6.45) is 8.12. The first-order valence-electron chi connectivity index (χ1n) is 10.5. The van der Waals surface area contributed by atoms with Crippen LogP contribution < -0.4 is 5.49 Å². The Morgan fingerprint density at radius 3 is 2.80 bits per heavy atom. The summed E-state index contributed by atoms with van der Waals surface area (Å²) in [5.74, 6) is 0. The Balaban J connectivity index is 1.76. The predicted octanol–water partition coefficient (Wildman–Crippen LogP) is 4.30. The van der Waals surface area contributed by atoms with Crippen molar-refractivity contribution in [3.8, 4) is 0 Å². The van der Waals surface area contributed by atoms with Gasteiger partial charge in [0.1, 0.15) is 5.52 Å². The SMILES string of the molecule is C=C1c2ccccc2C(C)(n2cnc(=N)c3[nH]cnc32)c2ccc3c(c21)CCCC3. The molecule has 1 unspecified atom stereocenters. The van der Waals surface area contributed by atoms with Gasteiger partial charge >= 0.3 is 0 Å². The van der Waals surface area contributed by atoms with E-state index in [2.05, 4.69) is 69.4 Å². The molecule has 0 saturated carbocycles. The first kappa shape index (κ1) is 17.4. The van der Waals surface area contributed by atoms with Crippen LogP contribution in [0.1, 0.15) is 53.1 Å². The van der Waals surface area contributed by atoms with E-state index in [1.165, 1.54) is 46.2 Å². The number of hydrogen-bond acceptors (Lipinski definition) is 3. The summed E-state index contributed by atoms with van der Waals surface area (Å²) < 4.78 is 2.12. The Morgan fingerprint density at radius 1 is 1.07 bits per heavy atom. The quantitative estimate of drug-likeness (QED) is 0.506. The van der Waals surface area contributed by atoms with Gasteiger partial charge in [0.05, 0.1) is 18.2 Å². The molecule has 1 atom stereocenters. The van der Waals surface area contributed by atoms with Crippen molar-refractivity contribution in [3.05, 3.63) is 94.5 Å². The standard InChI is InChI=1S/C25H23N5/c1-15-17-8-5-6-10-19(17)25(2,30-14-29-23(26)22-24(30)28-13-27-22)20-12-11-16-7-3-4-9-18(16)21(15)20/h5-6,8,10-14,26H,1,3-4,7,9H2,2H3,(H,27,28). The van der Waals surface area contributed by atoms with Crippen LogP contribution in [0.4, 0.5) is 0 Å². The normalized spacial score (nSPS) is 20.0. The highest BCUT2D eigenvalue weighted by atomic mass is 15.2. The number of fused-ring (bicyclic) bond motifs is 5. The second kappa shape index (κ2) is 6.02.